The maximum absolute atomic E-state index is 12.4. The number of sulfonamides is 1. The third-order valence-corrected chi connectivity index (χ3v) is 4.71. The molecule has 2 rings (SSSR count). The minimum absolute atomic E-state index is 0.0415. The van der Waals surface area contributed by atoms with E-state index in [1.165, 1.54) is 20.3 Å². The van der Waals surface area contributed by atoms with Gasteiger partial charge in [-0.1, -0.05) is 0 Å². The molecule has 1 heterocycles. The van der Waals surface area contributed by atoms with E-state index in [0.717, 1.165) is 6.42 Å². The highest BCUT2D eigenvalue weighted by Gasteiger charge is 2.21. The van der Waals surface area contributed by atoms with Crippen molar-refractivity contribution in [1.82, 2.24) is 4.72 Å². The number of hydrogen-bond donors (Lipinski definition) is 1. The van der Waals surface area contributed by atoms with Crippen LogP contribution in [0.5, 0.6) is 11.5 Å². The summed E-state index contributed by atoms with van der Waals surface area (Å²) in [5, 5.41) is 0. The summed E-state index contributed by atoms with van der Waals surface area (Å²) in [6.07, 6.45) is 0.957. The zero-order valence-electron chi connectivity index (χ0n) is 12.7. The van der Waals surface area contributed by atoms with Crippen LogP contribution in [0.25, 0.3) is 0 Å². The molecule has 124 valence electrons. The maximum Gasteiger partial charge on any atom is 0.244 e. The van der Waals surface area contributed by atoms with Gasteiger partial charge in [-0.15, -0.1) is 0 Å². The summed E-state index contributed by atoms with van der Waals surface area (Å²) >= 11 is 0. The Labute approximate surface area is 130 Å². The predicted molar refractivity (Wildman–Crippen MR) is 79.7 cm³/mol. The van der Waals surface area contributed by atoms with Gasteiger partial charge in [-0.25, -0.2) is 13.1 Å². The Balaban J connectivity index is 2.02. The van der Waals surface area contributed by atoms with E-state index in [-0.39, 0.29) is 23.5 Å². The molecule has 0 saturated carbocycles. The van der Waals surface area contributed by atoms with Crippen LogP contribution in [0.3, 0.4) is 0 Å². The molecule has 0 aliphatic carbocycles. The summed E-state index contributed by atoms with van der Waals surface area (Å²) in [5.41, 5.74) is 0. The highest BCUT2D eigenvalue weighted by Crippen LogP contribution is 2.28. The molecule has 0 bridgehead atoms. The predicted octanol–water partition coefficient (Wildman–Crippen LogP) is 1.14. The SMILES string of the molecule is COc1ccc(OC)c(S(=O)(=O)NCCC2OCCCO2)c1. The quantitative estimate of drug-likeness (QED) is 0.806. The van der Waals surface area contributed by atoms with Gasteiger partial charge < -0.3 is 18.9 Å². The van der Waals surface area contributed by atoms with Crippen LogP contribution in [0.15, 0.2) is 23.1 Å². The van der Waals surface area contributed by atoms with E-state index in [1.807, 2.05) is 0 Å². The van der Waals surface area contributed by atoms with E-state index in [2.05, 4.69) is 4.72 Å². The summed E-state index contributed by atoms with van der Waals surface area (Å²) in [4.78, 5) is 0.0415. The lowest BCUT2D eigenvalue weighted by molar-refractivity contribution is -0.180. The second-order valence-corrected chi connectivity index (χ2v) is 6.46. The van der Waals surface area contributed by atoms with Crippen LogP contribution in [0.4, 0.5) is 0 Å². The minimum Gasteiger partial charge on any atom is -0.497 e. The van der Waals surface area contributed by atoms with Crippen LogP contribution in [-0.2, 0) is 19.5 Å². The monoisotopic (exact) mass is 331 g/mol. The van der Waals surface area contributed by atoms with Gasteiger partial charge in [0.2, 0.25) is 10.0 Å². The molecule has 1 aromatic carbocycles. The molecule has 1 fully saturated rings. The van der Waals surface area contributed by atoms with Crippen molar-refractivity contribution in [1.29, 1.82) is 0 Å². The van der Waals surface area contributed by atoms with Crippen molar-refractivity contribution in [2.45, 2.75) is 24.0 Å². The van der Waals surface area contributed by atoms with E-state index in [4.69, 9.17) is 18.9 Å². The van der Waals surface area contributed by atoms with Crippen molar-refractivity contribution in [3.8, 4) is 11.5 Å². The molecule has 1 saturated heterocycles. The lowest BCUT2D eigenvalue weighted by atomic mass is 10.3. The van der Waals surface area contributed by atoms with Crippen molar-refractivity contribution >= 4 is 10.0 Å². The van der Waals surface area contributed by atoms with Gasteiger partial charge in [0, 0.05) is 19.0 Å². The van der Waals surface area contributed by atoms with Gasteiger partial charge in [0.05, 0.1) is 27.4 Å². The molecule has 1 aromatic rings. The number of methoxy groups -OCH3 is 2. The number of benzene rings is 1. The summed E-state index contributed by atoms with van der Waals surface area (Å²) < 4.78 is 48.2. The molecule has 0 atom stereocenters. The smallest absolute Gasteiger partial charge is 0.244 e. The maximum atomic E-state index is 12.4. The van der Waals surface area contributed by atoms with Crippen LogP contribution >= 0.6 is 0 Å². The van der Waals surface area contributed by atoms with Gasteiger partial charge >= 0.3 is 0 Å². The number of hydrogen-bond acceptors (Lipinski definition) is 6. The first-order chi connectivity index (χ1) is 10.6. The van der Waals surface area contributed by atoms with Crippen LogP contribution in [0.1, 0.15) is 12.8 Å². The molecule has 0 aromatic heterocycles. The number of ether oxygens (including phenoxy) is 4. The Morgan fingerprint density at radius 2 is 1.95 bits per heavy atom. The average Bonchev–Trinajstić information content (AvgIpc) is 2.55. The zero-order valence-corrected chi connectivity index (χ0v) is 13.5. The molecule has 1 aliphatic heterocycles. The van der Waals surface area contributed by atoms with Crippen molar-refractivity contribution < 1.29 is 27.4 Å². The number of rotatable bonds is 7. The van der Waals surface area contributed by atoms with Gasteiger partial charge in [-0.2, -0.15) is 0 Å². The van der Waals surface area contributed by atoms with E-state index >= 15 is 0 Å². The topological polar surface area (TPSA) is 83.1 Å². The van der Waals surface area contributed by atoms with Gasteiger partial charge in [0.25, 0.3) is 0 Å². The normalized spacial score (nSPS) is 16.5. The number of nitrogens with one attached hydrogen (secondary N) is 1. The van der Waals surface area contributed by atoms with Crippen LogP contribution in [0, 0.1) is 0 Å². The minimum atomic E-state index is -3.70. The third-order valence-electron chi connectivity index (χ3n) is 3.23. The second kappa shape index (κ2) is 7.77. The molecule has 1 N–H and O–H groups in total. The average molecular weight is 331 g/mol. The third kappa shape index (κ3) is 4.33. The van der Waals surface area contributed by atoms with E-state index in [9.17, 15) is 8.42 Å². The fraction of sp³-hybridized carbons (Fsp3) is 0.571. The van der Waals surface area contributed by atoms with Gasteiger partial charge in [0.15, 0.2) is 6.29 Å². The van der Waals surface area contributed by atoms with Crippen LogP contribution in [-0.4, -0.2) is 48.7 Å². The van der Waals surface area contributed by atoms with Crippen molar-refractivity contribution in [2.24, 2.45) is 0 Å². The second-order valence-electron chi connectivity index (χ2n) is 4.73. The van der Waals surface area contributed by atoms with Gasteiger partial charge in [-0.3, -0.25) is 0 Å². The molecule has 0 unspecified atom stereocenters. The van der Waals surface area contributed by atoms with Gasteiger partial charge in [-0.05, 0) is 18.6 Å². The lowest BCUT2D eigenvalue weighted by Crippen LogP contribution is -2.31. The standard InChI is InChI=1S/C14H21NO6S/c1-18-11-4-5-12(19-2)13(10-11)22(16,17)15-7-6-14-20-8-3-9-21-14/h4-5,10,14-15H,3,6-9H2,1-2H3. The highest BCUT2D eigenvalue weighted by molar-refractivity contribution is 7.89. The molecule has 22 heavy (non-hydrogen) atoms. The van der Waals surface area contributed by atoms with Crippen molar-refractivity contribution in [3.05, 3.63) is 18.2 Å². The van der Waals surface area contributed by atoms with Crippen molar-refractivity contribution in [3.63, 3.8) is 0 Å². The van der Waals surface area contributed by atoms with Crippen molar-refractivity contribution in [2.75, 3.05) is 34.0 Å². The molecule has 0 spiro atoms. The fourth-order valence-corrected chi connectivity index (χ4v) is 3.32. The largest absolute Gasteiger partial charge is 0.497 e. The Bertz CT molecular complexity index is 583. The summed E-state index contributed by atoms with van der Waals surface area (Å²) in [6, 6.07) is 4.62. The van der Waals surface area contributed by atoms with E-state index < -0.39 is 10.0 Å². The first kappa shape index (κ1) is 17.0. The molecule has 1 aliphatic rings. The molecule has 0 radical (unpaired) electrons. The first-order valence-electron chi connectivity index (χ1n) is 7.01. The molecule has 7 nitrogen and oxygen atoms in total. The highest BCUT2D eigenvalue weighted by atomic mass is 32.2. The molecule has 8 heteroatoms. The summed E-state index contributed by atoms with van der Waals surface area (Å²) in [5.74, 6) is 0.707. The molecular weight excluding hydrogens is 310 g/mol. The Kier molecular flexibility index (Phi) is 6.01. The van der Waals surface area contributed by atoms with Crippen LogP contribution in [0.2, 0.25) is 0 Å². The molecular formula is C14H21NO6S. The Hall–Kier alpha value is -1.35. The molecule has 0 amide bonds. The summed E-state index contributed by atoms with van der Waals surface area (Å²) in [7, 11) is -0.806. The van der Waals surface area contributed by atoms with Gasteiger partial charge in [0.1, 0.15) is 16.4 Å². The lowest BCUT2D eigenvalue weighted by Gasteiger charge is -2.23. The Morgan fingerprint density at radius 1 is 1.23 bits per heavy atom. The Morgan fingerprint density at radius 3 is 2.59 bits per heavy atom. The fourth-order valence-electron chi connectivity index (χ4n) is 2.09. The van der Waals surface area contributed by atoms with E-state index in [0.29, 0.717) is 25.4 Å². The van der Waals surface area contributed by atoms with E-state index in [1.54, 1.807) is 12.1 Å². The summed E-state index contributed by atoms with van der Waals surface area (Å²) in [6.45, 7) is 1.50. The first-order valence-corrected chi connectivity index (χ1v) is 8.50. The zero-order chi connectivity index (χ0) is 16.0. The van der Waals surface area contributed by atoms with Crippen LogP contribution < -0.4 is 14.2 Å².